The third-order valence-corrected chi connectivity index (χ3v) is 2.55. The van der Waals surface area contributed by atoms with Crippen molar-refractivity contribution in [2.24, 2.45) is 10.4 Å². The number of ether oxygens (including phenoxy) is 2. The van der Waals surface area contributed by atoms with Crippen LogP contribution in [0.5, 0.6) is 5.75 Å². The van der Waals surface area contributed by atoms with Crippen LogP contribution in [0.4, 0.5) is 0 Å². The Balaban J connectivity index is 3.11. The fraction of sp³-hybridized carbons (Fsp3) is 0.412. The van der Waals surface area contributed by atoms with E-state index in [9.17, 15) is 4.79 Å². The van der Waals surface area contributed by atoms with Gasteiger partial charge in [-0.05, 0) is 45.4 Å². The summed E-state index contributed by atoms with van der Waals surface area (Å²) in [6.07, 6.45) is 0. The molecule has 0 aliphatic rings. The van der Waals surface area contributed by atoms with Crippen molar-refractivity contribution in [2.45, 2.75) is 27.7 Å². The summed E-state index contributed by atoms with van der Waals surface area (Å²) in [4.78, 5) is 15.1. The second-order valence-electron chi connectivity index (χ2n) is 5.68. The first-order valence-corrected chi connectivity index (χ1v) is 6.82. The number of hydrogen-bond donors (Lipinski definition) is 1. The molecule has 0 aliphatic carbocycles. The van der Waals surface area contributed by atoms with Crippen LogP contribution in [0.2, 0.25) is 0 Å². The zero-order valence-corrected chi connectivity index (χ0v) is 13.6. The maximum absolute atomic E-state index is 11.5. The number of aryl methyl sites for hydroxylation is 1. The minimum Gasteiger partial charge on any atom is -0.462 e. The minimum absolute atomic E-state index is 0.110. The molecule has 0 aromatic heterocycles. The number of aliphatic hydroxyl groups is 1. The normalized spacial score (nSPS) is 11.5. The average molecular weight is 303 g/mol. The van der Waals surface area contributed by atoms with Gasteiger partial charge in [0.2, 0.25) is 0 Å². The molecule has 5 nitrogen and oxygen atoms in total. The molecule has 118 valence electrons. The summed E-state index contributed by atoms with van der Waals surface area (Å²) < 4.78 is 10.0. The van der Waals surface area contributed by atoms with Crippen molar-refractivity contribution in [2.75, 3.05) is 13.8 Å². The lowest BCUT2D eigenvalue weighted by atomic mass is 9.97. The topological polar surface area (TPSA) is 68.1 Å². The van der Waals surface area contributed by atoms with Crippen LogP contribution in [-0.2, 0) is 9.53 Å². The number of hydrogen-bond acceptors (Lipinski definition) is 5. The summed E-state index contributed by atoms with van der Waals surface area (Å²) in [7, 11) is 1.22. The van der Waals surface area contributed by atoms with E-state index in [0.29, 0.717) is 5.75 Å². The van der Waals surface area contributed by atoms with Gasteiger partial charge >= 0.3 is 11.9 Å². The van der Waals surface area contributed by atoms with Crippen molar-refractivity contribution < 1.29 is 19.4 Å². The zero-order chi connectivity index (χ0) is 16.8. The van der Waals surface area contributed by atoms with E-state index < -0.39 is 12.7 Å². The third kappa shape index (κ3) is 5.58. The van der Waals surface area contributed by atoms with Gasteiger partial charge in [-0.2, -0.15) is 0 Å². The molecule has 0 saturated carbocycles. The Morgan fingerprint density at radius 3 is 2.59 bits per heavy atom. The smallest absolute Gasteiger partial charge is 0.394 e. The first-order chi connectivity index (χ1) is 10.3. The second-order valence-corrected chi connectivity index (χ2v) is 5.68. The Morgan fingerprint density at radius 2 is 2.05 bits per heavy atom. The minimum atomic E-state index is -0.750. The molecule has 0 saturated heterocycles. The Kier molecular flexibility index (Phi) is 6.14. The maximum Gasteiger partial charge on any atom is 0.394 e. The van der Waals surface area contributed by atoms with E-state index in [2.05, 4.69) is 21.6 Å². The fourth-order valence-electron chi connectivity index (χ4n) is 1.44. The third-order valence-electron chi connectivity index (χ3n) is 2.55. The van der Waals surface area contributed by atoms with Crippen molar-refractivity contribution in [1.82, 2.24) is 0 Å². The Morgan fingerprint density at radius 1 is 1.36 bits per heavy atom. The van der Waals surface area contributed by atoms with Crippen LogP contribution in [0.1, 0.15) is 31.9 Å². The summed E-state index contributed by atoms with van der Waals surface area (Å²) >= 11 is 0. The Hall–Kier alpha value is -2.32. The van der Waals surface area contributed by atoms with Gasteiger partial charge in [0.15, 0.2) is 0 Å². The number of rotatable bonds is 2. The summed E-state index contributed by atoms with van der Waals surface area (Å²) in [6, 6.07) is 5.45. The van der Waals surface area contributed by atoms with Crippen LogP contribution in [0, 0.1) is 24.2 Å². The largest absolute Gasteiger partial charge is 0.462 e. The molecule has 0 aliphatic heterocycles. The van der Waals surface area contributed by atoms with Gasteiger partial charge in [0.25, 0.3) is 0 Å². The average Bonchev–Trinajstić information content (AvgIpc) is 2.45. The molecule has 0 spiro atoms. The van der Waals surface area contributed by atoms with E-state index >= 15 is 0 Å². The number of carbonyl (C=O) groups is 1. The van der Waals surface area contributed by atoms with E-state index in [4.69, 9.17) is 9.84 Å². The van der Waals surface area contributed by atoms with E-state index in [1.54, 1.807) is 6.07 Å². The quantitative estimate of drug-likeness (QED) is 0.394. The molecule has 22 heavy (non-hydrogen) atoms. The Bertz CT molecular complexity index is 630. The van der Waals surface area contributed by atoms with Crippen LogP contribution < -0.4 is 4.74 Å². The maximum atomic E-state index is 11.5. The summed E-state index contributed by atoms with van der Waals surface area (Å²) in [6.45, 7) is 7.34. The van der Waals surface area contributed by atoms with E-state index in [0.717, 1.165) is 11.1 Å². The molecular formula is C17H21NO4. The predicted molar refractivity (Wildman–Crippen MR) is 84.7 cm³/mol. The highest BCUT2D eigenvalue weighted by atomic mass is 16.6. The van der Waals surface area contributed by atoms with Crippen molar-refractivity contribution in [3.8, 4) is 17.6 Å². The van der Waals surface area contributed by atoms with Gasteiger partial charge in [-0.1, -0.05) is 17.9 Å². The number of aliphatic hydroxyl groups excluding tert-OH is 1. The molecule has 1 aromatic carbocycles. The lowest BCUT2D eigenvalue weighted by Gasteiger charge is -2.10. The van der Waals surface area contributed by atoms with Gasteiger partial charge in [0.05, 0.1) is 7.11 Å². The molecule has 0 bridgehead atoms. The molecule has 1 aromatic rings. The summed E-state index contributed by atoms with van der Waals surface area (Å²) in [5.74, 6) is 5.59. The number of nitrogens with zero attached hydrogens (tertiary/aromatic N) is 1. The van der Waals surface area contributed by atoms with Crippen LogP contribution in [0.25, 0.3) is 0 Å². The lowest BCUT2D eigenvalue weighted by Crippen LogP contribution is -2.23. The second kappa shape index (κ2) is 7.62. The summed E-state index contributed by atoms with van der Waals surface area (Å²) in [5.41, 5.74) is 1.47. The first kappa shape index (κ1) is 17.7. The van der Waals surface area contributed by atoms with Gasteiger partial charge in [-0.3, -0.25) is 0 Å². The van der Waals surface area contributed by atoms with Crippen molar-refractivity contribution in [3.05, 3.63) is 29.3 Å². The highest BCUT2D eigenvalue weighted by Crippen LogP contribution is 2.20. The number of aliphatic imine (C=N–C) groups is 1. The van der Waals surface area contributed by atoms with Gasteiger partial charge in [-0.15, -0.1) is 0 Å². The van der Waals surface area contributed by atoms with Crippen molar-refractivity contribution in [3.63, 3.8) is 0 Å². The zero-order valence-electron chi connectivity index (χ0n) is 13.6. The van der Waals surface area contributed by atoms with Crippen LogP contribution >= 0.6 is 0 Å². The molecule has 1 N–H and O–H groups in total. The number of esters is 1. The van der Waals surface area contributed by atoms with Crippen LogP contribution in [0.15, 0.2) is 23.2 Å². The van der Waals surface area contributed by atoms with Crippen LogP contribution in [0.3, 0.4) is 0 Å². The number of benzene rings is 1. The molecular weight excluding hydrogens is 282 g/mol. The molecule has 0 atom stereocenters. The lowest BCUT2D eigenvalue weighted by molar-refractivity contribution is -0.133. The van der Waals surface area contributed by atoms with Gasteiger partial charge in [0, 0.05) is 11.0 Å². The number of methoxy groups -OCH3 is 1. The van der Waals surface area contributed by atoms with E-state index in [-0.39, 0.29) is 11.3 Å². The summed E-state index contributed by atoms with van der Waals surface area (Å²) in [5, 5.41) is 8.86. The SMILES string of the molecule is COC(=O)C(=NCO)Oc1cc(C#CC(C)(C)C)ccc1C. The fourth-order valence-corrected chi connectivity index (χ4v) is 1.44. The molecule has 0 unspecified atom stereocenters. The first-order valence-electron chi connectivity index (χ1n) is 6.82. The molecule has 0 amide bonds. The monoisotopic (exact) mass is 303 g/mol. The molecule has 0 radical (unpaired) electrons. The molecule has 1 rings (SSSR count). The standard InChI is InChI=1S/C17H21NO4/c1-12-6-7-13(8-9-17(2,3)4)10-14(12)22-15(18-11-19)16(20)21-5/h6-7,10,19H,11H2,1-5H3. The van der Waals surface area contributed by atoms with Crippen molar-refractivity contribution >= 4 is 11.9 Å². The highest BCUT2D eigenvalue weighted by Gasteiger charge is 2.16. The van der Waals surface area contributed by atoms with Crippen molar-refractivity contribution in [1.29, 1.82) is 0 Å². The predicted octanol–water partition coefficient (Wildman–Crippen LogP) is 2.29. The van der Waals surface area contributed by atoms with Gasteiger partial charge < -0.3 is 14.6 Å². The molecule has 5 heteroatoms. The molecule has 0 heterocycles. The van der Waals surface area contributed by atoms with E-state index in [1.165, 1.54) is 7.11 Å². The van der Waals surface area contributed by atoms with Gasteiger partial charge in [-0.25, -0.2) is 9.79 Å². The molecule has 0 fully saturated rings. The Labute approximate surface area is 131 Å². The van der Waals surface area contributed by atoms with Crippen LogP contribution in [-0.4, -0.2) is 30.8 Å². The highest BCUT2D eigenvalue weighted by molar-refractivity contribution is 6.33. The number of carbonyl (C=O) groups excluding carboxylic acids is 1. The van der Waals surface area contributed by atoms with E-state index in [1.807, 2.05) is 39.8 Å². The van der Waals surface area contributed by atoms with Gasteiger partial charge in [0.1, 0.15) is 12.5 Å².